The minimum Gasteiger partial charge on any atom is -0.356 e. The van der Waals surface area contributed by atoms with Crippen molar-refractivity contribution in [2.75, 3.05) is 13.1 Å². The van der Waals surface area contributed by atoms with Gasteiger partial charge in [-0.05, 0) is 30.1 Å². The first kappa shape index (κ1) is 26.6. The lowest BCUT2D eigenvalue weighted by Gasteiger charge is -2.33. The summed E-state index contributed by atoms with van der Waals surface area (Å²) >= 11 is 0. The summed E-state index contributed by atoms with van der Waals surface area (Å²) in [4.78, 5) is 50.3. The van der Waals surface area contributed by atoms with E-state index in [9.17, 15) is 46.4 Å². The van der Waals surface area contributed by atoms with Crippen LogP contribution in [0.3, 0.4) is 0 Å². The van der Waals surface area contributed by atoms with Crippen molar-refractivity contribution in [3.8, 4) is 6.07 Å². The number of nitriles is 1. The van der Waals surface area contributed by atoms with Crippen LogP contribution in [0.25, 0.3) is 0 Å². The molecule has 2 aliphatic heterocycles. The van der Waals surface area contributed by atoms with Crippen molar-refractivity contribution >= 4 is 23.6 Å². The summed E-state index contributed by atoms with van der Waals surface area (Å²) in [5.41, 5.74) is -0.403. The maximum Gasteiger partial charge on any atom is 0.471 e. The highest BCUT2D eigenvalue weighted by atomic mass is 19.4. The number of carbonyl (C=O) groups is 4. The predicted molar refractivity (Wildman–Crippen MR) is 108 cm³/mol. The van der Waals surface area contributed by atoms with Gasteiger partial charge in [-0.2, -0.15) is 18.4 Å². The fourth-order valence-corrected chi connectivity index (χ4v) is 5.21. The lowest BCUT2D eigenvalue weighted by molar-refractivity contribution is -0.175. The highest BCUT2D eigenvalue weighted by molar-refractivity contribution is 5.94. The number of piperidine rings is 1. The van der Waals surface area contributed by atoms with Crippen LogP contribution in [0.4, 0.5) is 22.0 Å². The van der Waals surface area contributed by atoms with E-state index in [1.165, 1.54) is 5.32 Å². The van der Waals surface area contributed by atoms with E-state index in [4.69, 9.17) is 0 Å². The molecule has 0 radical (unpaired) electrons. The summed E-state index contributed by atoms with van der Waals surface area (Å²) in [6, 6.07) is -2.59. The number of nitrogens with zero attached hydrogens (tertiary/aromatic N) is 2. The molecule has 0 spiro atoms. The van der Waals surface area contributed by atoms with E-state index >= 15 is 0 Å². The Bertz CT molecular complexity index is 934. The lowest BCUT2D eigenvalue weighted by atomic mass is 9.97. The maximum atomic E-state index is 13.2. The van der Waals surface area contributed by atoms with E-state index in [1.54, 1.807) is 0 Å². The third kappa shape index (κ3) is 5.48. The maximum absolute atomic E-state index is 13.2. The van der Waals surface area contributed by atoms with Crippen molar-refractivity contribution in [2.24, 2.45) is 23.2 Å². The second-order valence-corrected chi connectivity index (χ2v) is 9.74. The predicted octanol–water partition coefficient (Wildman–Crippen LogP) is 0.706. The summed E-state index contributed by atoms with van der Waals surface area (Å²) in [7, 11) is 0. The third-order valence-electron chi connectivity index (χ3n) is 7.19. The Kier molecular flexibility index (Phi) is 7.29. The zero-order valence-corrected chi connectivity index (χ0v) is 19.0. The van der Waals surface area contributed by atoms with Crippen LogP contribution in [0.15, 0.2) is 0 Å². The first-order chi connectivity index (χ1) is 16.2. The number of carbonyl (C=O) groups excluding carboxylic acids is 4. The SMILES string of the molecule is CC1(C)[C@@H]2[C@@H](C(=O)NC(C#N)C[C@@H]3CCNC3=O)N(C(=O)C(CC(F)F)NC(=O)C(F)(F)F)C[C@@H]21. The zero-order chi connectivity index (χ0) is 26.3. The quantitative estimate of drug-likeness (QED) is 0.417. The molecule has 3 N–H and O–H groups in total. The minimum atomic E-state index is -5.39. The summed E-state index contributed by atoms with van der Waals surface area (Å²) in [6.45, 7) is 4.03. The van der Waals surface area contributed by atoms with Crippen LogP contribution in [-0.4, -0.2) is 72.3 Å². The van der Waals surface area contributed by atoms with Gasteiger partial charge in [0.2, 0.25) is 24.1 Å². The molecule has 0 bridgehead atoms. The van der Waals surface area contributed by atoms with Gasteiger partial charge in [-0.3, -0.25) is 19.2 Å². The fraction of sp³-hybridized carbons (Fsp3) is 0.762. The van der Waals surface area contributed by atoms with Crippen molar-refractivity contribution in [1.29, 1.82) is 5.26 Å². The van der Waals surface area contributed by atoms with E-state index < -0.39 is 72.1 Å². The molecule has 35 heavy (non-hydrogen) atoms. The molecule has 2 saturated heterocycles. The van der Waals surface area contributed by atoms with Gasteiger partial charge in [0.1, 0.15) is 18.1 Å². The monoisotopic (exact) mass is 507 g/mol. The van der Waals surface area contributed by atoms with Crippen LogP contribution in [0.2, 0.25) is 0 Å². The second kappa shape index (κ2) is 9.58. The number of rotatable bonds is 8. The van der Waals surface area contributed by atoms with Gasteiger partial charge in [0, 0.05) is 25.4 Å². The molecule has 1 saturated carbocycles. The first-order valence-electron chi connectivity index (χ1n) is 11.1. The average Bonchev–Trinajstić information content (AvgIpc) is 3.10. The molecule has 9 nitrogen and oxygen atoms in total. The molecule has 14 heteroatoms. The van der Waals surface area contributed by atoms with Crippen LogP contribution >= 0.6 is 0 Å². The molecule has 2 unspecified atom stereocenters. The summed E-state index contributed by atoms with van der Waals surface area (Å²) < 4.78 is 64.1. The van der Waals surface area contributed by atoms with E-state index in [2.05, 4.69) is 10.6 Å². The molecule has 0 aromatic carbocycles. The number of alkyl halides is 5. The van der Waals surface area contributed by atoms with Crippen LogP contribution < -0.4 is 16.0 Å². The fourth-order valence-electron chi connectivity index (χ4n) is 5.21. The van der Waals surface area contributed by atoms with Crippen molar-refractivity contribution in [3.05, 3.63) is 0 Å². The van der Waals surface area contributed by atoms with E-state index in [0.717, 1.165) is 4.90 Å². The van der Waals surface area contributed by atoms with Crippen LogP contribution in [0.1, 0.15) is 33.1 Å². The number of likely N-dealkylation sites (tertiary alicyclic amines) is 1. The Morgan fingerprint density at radius 3 is 2.43 bits per heavy atom. The van der Waals surface area contributed by atoms with Crippen LogP contribution in [-0.2, 0) is 19.2 Å². The van der Waals surface area contributed by atoms with Gasteiger partial charge < -0.3 is 20.9 Å². The second-order valence-electron chi connectivity index (χ2n) is 9.74. The number of fused-ring (bicyclic) bond motifs is 1. The summed E-state index contributed by atoms with van der Waals surface area (Å²) in [5.74, 6) is -5.90. The van der Waals surface area contributed by atoms with Crippen molar-refractivity contribution < 1.29 is 41.1 Å². The number of hydrogen-bond acceptors (Lipinski definition) is 5. The number of amides is 4. The van der Waals surface area contributed by atoms with E-state index in [-0.39, 0.29) is 24.8 Å². The largest absolute Gasteiger partial charge is 0.471 e. The highest BCUT2D eigenvalue weighted by Gasteiger charge is 2.69. The molecule has 3 rings (SSSR count). The average molecular weight is 507 g/mol. The van der Waals surface area contributed by atoms with Gasteiger partial charge in [-0.15, -0.1) is 0 Å². The minimum absolute atomic E-state index is 0.0296. The Balaban J connectivity index is 1.78. The van der Waals surface area contributed by atoms with Crippen molar-refractivity contribution in [2.45, 2.75) is 63.8 Å². The van der Waals surface area contributed by atoms with Gasteiger partial charge in [-0.1, -0.05) is 13.8 Å². The Labute approximate surface area is 197 Å². The van der Waals surface area contributed by atoms with Crippen molar-refractivity contribution in [1.82, 2.24) is 20.9 Å². The van der Waals surface area contributed by atoms with Gasteiger partial charge >= 0.3 is 12.1 Å². The number of hydrogen-bond donors (Lipinski definition) is 3. The molecule has 0 aromatic heterocycles. The smallest absolute Gasteiger partial charge is 0.356 e. The van der Waals surface area contributed by atoms with Gasteiger partial charge in [-0.25, -0.2) is 8.78 Å². The first-order valence-corrected chi connectivity index (χ1v) is 11.1. The Hall–Kier alpha value is -2.98. The molecule has 3 fully saturated rings. The topological polar surface area (TPSA) is 131 Å². The lowest BCUT2D eigenvalue weighted by Crippen LogP contribution is -2.58. The summed E-state index contributed by atoms with van der Waals surface area (Å²) in [6.07, 6.45) is -9.44. The third-order valence-corrected chi connectivity index (χ3v) is 7.19. The molecule has 0 aromatic rings. The molecule has 1 aliphatic carbocycles. The molecule has 6 atom stereocenters. The number of nitrogens with one attached hydrogen (secondary N) is 3. The van der Waals surface area contributed by atoms with Gasteiger partial charge in [0.05, 0.1) is 6.07 Å². The van der Waals surface area contributed by atoms with E-state index in [0.29, 0.717) is 13.0 Å². The Morgan fingerprint density at radius 2 is 1.91 bits per heavy atom. The Morgan fingerprint density at radius 1 is 1.26 bits per heavy atom. The van der Waals surface area contributed by atoms with Gasteiger partial charge in [0.25, 0.3) is 0 Å². The highest BCUT2D eigenvalue weighted by Crippen LogP contribution is 2.65. The molecule has 3 aliphatic rings. The van der Waals surface area contributed by atoms with Crippen LogP contribution in [0, 0.1) is 34.5 Å². The molecular weight excluding hydrogens is 481 g/mol. The summed E-state index contributed by atoms with van der Waals surface area (Å²) in [5, 5.41) is 15.9. The van der Waals surface area contributed by atoms with Crippen molar-refractivity contribution in [3.63, 3.8) is 0 Å². The molecule has 194 valence electrons. The van der Waals surface area contributed by atoms with Crippen LogP contribution in [0.5, 0.6) is 0 Å². The molecule has 2 heterocycles. The van der Waals surface area contributed by atoms with Gasteiger partial charge in [0.15, 0.2) is 0 Å². The standard InChI is InChI=1S/C21H26F5N5O4/c1-20(2)11-8-31(18(34)12(6-13(22)23)30-19(35)21(24,25)26)15(14(11)20)17(33)29-10(7-27)5-9-3-4-28-16(9)32/h9-15H,3-6,8H2,1-2H3,(H,28,32)(H,29,33)(H,30,35)/t9-,10?,11-,12?,14-,15-/m0/s1. The van der Waals surface area contributed by atoms with E-state index in [1.807, 2.05) is 19.9 Å². The zero-order valence-electron chi connectivity index (χ0n) is 19.0. The molecular formula is C21H26F5N5O4. The number of halogens is 5. The normalized spacial score (nSPS) is 28.5. The molecule has 4 amide bonds.